The van der Waals surface area contributed by atoms with Crippen LogP contribution in [0.1, 0.15) is 41.0 Å². The summed E-state index contributed by atoms with van der Waals surface area (Å²) < 4.78 is 33.8. The van der Waals surface area contributed by atoms with Gasteiger partial charge in [-0.05, 0) is 33.1 Å². The quantitative estimate of drug-likeness (QED) is 0.760. The van der Waals surface area contributed by atoms with E-state index < -0.39 is 19.5 Å². The minimum absolute atomic E-state index is 0.247. The normalized spacial score (nSPS) is 39.7. The molecule has 5 atom stereocenters. The minimum atomic E-state index is -4.10. The Bertz CT molecular complexity index is 398. The molecule has 0 saturated carbocycles. The van der Waals surface area contributed by atoms with Gasteiger partial charge in [-0.3, -0.25) is 9.05 Å². The summed E-state index contributed by atoms with van der Waals surface area (Å²) in [7, 11) is -4.10. The number of hydrogen-bond donors (Lipinski definition) is 1. The molecule has 2 heterocycles. The zero-order chi connectivity index (χ0) is 15.1. The summed E-state index contributed by atoms with van der Waals surface area (Å²) in [5, 5.41) is 0. The zero-order valence-corrected chi connectivity index (χ0v) is 13.6. The Morgan fingerprint density at radius 3 is 2.50 bits per heavy atom. The molecule has 0 aliphatic carbocycles. The molecule has 0 bridgehead atoms. The van der Waals surface area contributed by atoms with Crippen molar-refractivity contribution in [2.24, 2.45) is 5.92 Å². The van der Waals surface area contributed by atoms with Crippen LogP contribution in [-0.2, 0) is 23.1 Å². The first kappa shape index (κ1) is 16.4. The second-order valence-electron chi connectivity index (χ2n) is 6.52. The molecular weight excluding hydrogens is 283 g/mol. The lowest BCUT2D eigenvalue weighted by Gasteiger charge is -2.41. The van der Waals surface area contributed by atoms with Crippen molar-refractivity contribution in [2.75, 3.05) is 6.61 Å². The number of ether oxygens (including phenoxy) is 2. The van der Waals surface area contributed by atoms with Crippen LogP contribution in [0.5, 0.6) is 0 Å². The van der Waals surface area contributed by atoms with Crippen molar-refractivity contribution in [1.82, 2.24) is 0 Å². The van der Waals surface area contributed by atoms with Crippen molar-refractivity contribution in [2.45, 2.75) is 71.1 Å². The van der Waals surface area contributed by atoms with Gasteiger partial charge in [-0.2, -0.15) is 0 Å². The average molecular weight is 308 g/mol. The lowest BCUT2D eigenvalue weighted by atomic mass is 9.91. The van der Waals surface area contributed by atoms with Gasteiger partial charge in [0.1, 0.15) is 17.8 Å². The predicted molar refractivity (Wildman–Crippen MR) is 73.4 cm³/mol. The van der Waals surface area contributed by atoms with E-state index in [2.05, 4.69) is 13.8 Å². The third-order valence-corrected chi connectivity index (χ3v) is 4.74. The smallest absolute Gasteiger partial charge is 0.369 e. The largest absolute Gasteiger partial charge is 0.472 e. The fourth-order valence-electron chi connectivity index (χ4n) is 2.78. The van der Waals surface area contributed by atoms with Crippen LogP contribution in [0.2, 0.25) is 0 Å². The fourth-order valence-corrected chi connectivity index (χ4v) is 3.92. The standard InChI is InChI=1S/C13H25O6P/c1-8(2)6-10-11(12-13(5,17-10)7-16-12)19-20(14,15)18-9(3)4/h8-12H,6-7H2,1-5H3,(H,14,15)/t10-,11?,12+,13+/m1/s1. The van der Waals surface area contributed by atoms with Crippen molar-refractivity contribution < 1.29 is 28.0 Å². The monoisotopic (exact) mass is 308 g/mol. The maximum absolute atomic E-state index is 12.0. The van der Waals surface area contributed by atoms with E-state index in [-0.39, 0.29) is 18.3 Å². The van der Waals surface area contributed by atoms with Crippen molar-refractivity contribution in [1.29, 1.82) is 0 Å². The molecule has 0 aromatic rings. The first-order valence-electron chi connectivity index (χ1n) is 7.12. The van der Waals surface area contributed by atoms with Crippen LogP contribution >= 0.6 is 7.82 Å². The van der Waals surface area contributed by atoms with Crippen LogP contribution in [0.3, 0.4) is 0 Å². The van der Waals surface area contributed by atoms with Gasteiger partial charge >= 0.3 is 7.82 Å². The molecule has 0 radical (unpaired) electrons. The van der Waals surface area contributed by atoms with Crippen molar-refractivity contribution in [3.63, 3.8) is 0 Å². The van der Waals surface area contributed by atoms with Crippen LogP contribution in [0.15, 0.2) is 0 Å². The number of fused-ring (bicyclic) bond motifs is 1. The summed E-state index contributed by atoms with van der Waals surface area (Å²) in [6.45, 7) is 9.97. The lowest BCUT2D eigenvalue weighted by molar-refractivity contribution is -0.218. The van der Waals surface area contributed by atoms with Crippen molar-refractivity contribution >= 4 is 7.82 Å². The number of phosphoric acid groups is 1. The second-order valence-corrected chi connectivity index (χ2v) is 7.88. The molecule has 0 amide bonds. The van der Waals surface area contributed by atoms with Gasteiger partial charge in [0.2, 0.25) is 0 Å². The molecule has 0 aromatic heterocycles. The van der Waals surface area contributed by atoms with E-state index in [0.717, 1.165) is 6.42 Å². The van der Waals surface area contributed by atoms with Crippen LogP contribution in [-0.4, -0.2) is 41.5 Å². The molecule has 2 fully saturated rings. The van der Waals surface area contributed by atoms with E-state index in [4.69, 9.17) is 18.5 Å². The molecule has 6 nitrogen and oxygen atoms in total. The minimum Gasteiger partial charge on any atom is -0.369 e. The number of rotatable bonds is 6. The van der Waals surface area contributed by atoms with Crippen LogP contribution < -0.4 is 0 Å². The Morgan fingerprint density at radius 2 is 2.05 bits per heavy atom. The van der Waals surface area contributed by atoms with E-state index in [0.29, 0.717) is 12.5 Å². The van der Waals surface area contributed by atoms with Crippen LogP contribution in [0, 0.1) is 5.92 Å². The van der Waals surface area contributed by atoms with Gasteiger partial charge in [0, 0.05) is 0 Å². The SMILES string of the molecule is CC(C)C[C@H]1O[C@@]2(C)CO[C@H]2C1OP(=O)(O)OC(C)C. The van der Waals surface area contributed by atoms with Gasteiger partial charge in [-0.1, -0.05) is 13.8 Å². The Balaban J connectivity index is 2.08. The molecule has 2 aliphatic rings. The Kier molecular flexibility index (Phi) is 4.65. The van der Waals surface area contributed by atoms with Crippen LogP contribution in [0.4, 0.5) is 0 Å². The summed E-state index contributed by atoms with van der Waals surface area (Å²) >= 11 is 0. The van der Waals surface area contributed by atoms with E-state index in [1.54, 1.807) is 13.8 Å². The molecule has 20 heavy (non-hydrogen) atoms. The van der Waals surface area contributed by atoms with Gasteiger partial charge in [0.25, 0.3) is 0 Å². The molecule has 2 unspecified atom stereocenters. The summed E-state index contributed by atoms with van der Waals surface area (Å²) in [4.78, 5) is 9.81. The molecule has 0 aromatic carbocycles. The molecule has 2 saturated heterocycles. The highest BCUT2D eigenvalue weighted by Crippen LogP contribution is 2.53. The predicted octanol–water partition coefficient (Wildman–Crippen LogP) is 2.50. The summed E-state index contributed by atoms with van der Waals surface area (Å²) in [5.74, 6) is 0.399. The highest BCUT2D eigenvalue weighted by atomic mass is 31.2. The maximum atomic E-state index is 12.0. The highest BCUT2D eigenvalue weighted by molar-refractivity contribution is 7.47. The van der Waals surface area contributed by atoms with Crippen LogP contribution in [0.25, 0.3) is 0 Å². The molecule has 1 N–H and O–H groups in total. The molecule has 118 valence electrons. The van der Waals surface area contributed by atoms with Crippen molar-refractivity contribution in [3.8, 4) is 0 Å². The van der Waals surface area contributed by atoms with Gasteiger partial charge < -0.3 is 14.4 Å². The molecule has 2 rings (SSSR count). The van der Waals surface area contributed by atoms with Gasteiger partial charge in [-0.15, -0.1) is 0 Å². The molecule has 2 aliphatic heterocycles. The van der Waals surface area contributed by atoms with E-state index in [1.165, 1.54) is 0 Å². The Morgan fingerprint density at radius 1 is 1.40 bits per heavy atom. The topological polar surface area (TPSA) is 74.2 Å². The fraction of sp³-hybridized carbons (Fsp3) is 1.00. The summed E-state index contributed by atoms with van der Waals surface area (Å²) in [6, 6.07) is 0. The van der Waals surface area contributed by atoms with Crippen molar-refractivity contribution in [3.05, 3.63) is 0 Å². The first-order valence-corrected chi connectivity index (χ1v) is 8.61. The highest BCUT2D eigenvalue weighted by Gasteiger charge is 2.61. The third-order valence-electron chi connectivity index (χ3n) is 3.54. The maximum Gasteiger partial charge on any atom is 0.472 e. The van der Waals surface area contributed by atoms with E-state index >= 15 is 0 Å². The summed E-state index contributed by atoms with van der Waals surface area (Å²) in [6.07, 6.45) is -0.746. The Labute approximate surface area is 120 Å². The molecule has 0 spiro atoms. The third kappa shape index (κ3) is 3.43. The number of hydrogen-bond acceptors (Lipinski definition) is 5. The van der Waals surface area contributed by atoms with E-state index in [1.807, 2.05) is 6.92 Å². The first-order chi connectivity index (χ1) is 9.13. The van der Waals surface area contributed by atoms with Gasteiger partial charge in [0.15, 0.2) is 0 Å². The Hall–Kier alpha value is 0.0300. The molecular formula is C13H25O6P. The van der Waals surface area contributed by atoms with Gasteiger partial charge in [0.05, 0.1) is 18.8 Å². The second kappa shape index (κ2) is 5.67. The molecule has 7 heteroatoms. The lowest BCUT2D eigenvalue weighted by Crippen LogP contribution is -2.57. The van der Waals surface area contributed by atoms with E-state index in [9.17, 15) is 9.46 Å². The average Bonchev–Trinajstić information content (AvgIpc) is 2.37. The number of phosphoric ester groups is 1. The zero-order valence-electron chi connectivity index (χ0n) is 12.7. The summed E-state index contributed by atoms with van der Waals surface area (Å²) in [5.41, 5.74) is -0.415. The van der Waals surface area contributed by atoms with Gasteiger partial charge in [-0.25, -0.2) is 4.57 Å².